The Bertz CT molecular complexity index is 556. The van der Waals surface area contributed by atoms with Crippen LogP contribution in [0.4, 0.5) is 5.69 Å². The highest BCUT2D eigenvalue weighted by Crippen LogP contribution is 2.36. The maximum absolute atomic E-state index is 11.4. The number of rotatable bonds is 3. The van der Waals surface area contributed by atoms with Gasteiger partial charge in [-0.2, -0.15) is 11.8 Å². The van der Waals surface area contributed by atoms with Gasteiger partial charge in [-0.05, 0) is 35.8 Å². The lowest BCUT2D eigenvalue weighted by Gasteiger charge is -2.39. The van der Waals surface area contributed by atoms with Crippen molar-refractivity contribution < 1.29 is 8.42 Å². The van der Waals surface area contributed by atoms with Crippen LogP contribution in [0, 0.1) is 5.41 Å². The van der Waals surface area contributed by atoms with E-state index in [1.807, 2.05) is 17.8 Å². The molecule has 19 heavy (non-hydrogen) atoms. The first-order chi connectivity index (χ1) is 8.79. The first kappa shape index (κ1) is 14.7. The fourth-order valence-electron chi connectivity index (χ4n) is 2.14. The lowest BCUT2D eigenvalue weighted by molar-refractivity contribution is 0.305. The minimum atomic E-state index is -3.64. The van der Waals surface area contributed by atoms with Crippen LogP contribution in [0.3, 0.4) is 0 Å². The van der Waals surface area contributed by atoms with Crippen LogP contribution in [-0.4, -0.2) is 26.0 Å². The number of benzene rings is 1. The third kappa shape index (κ3) is 3.64. The number of primary sulfonamides is 1. The Kier molecular flexibility index (Phi) is 4.13. The Morgan fingerprint density at radius 1 is 1.42 bits per heavy atom. The first-order valence-electron chi connectivity index (χ1n) is 6.26. The van der Waals surface area contributed by atoms with Crippen molar-refractivity contribution in [3.05, 3.63) is 24.3 Å². The number of hydrogen-bond acceptors (Lipinski definition) is 4. The van der Waals surface area contributed by atoms with Gasteiger partial charge in [0.2, 0.25) is 10.0 Å². The SMILES string of the molecule is CC1(C)CCSCC1Nc1cccc(S(N)(=O)=O)c1. The van der Waals surface area contributed by atoms with Crippen LogP contribution in [0.2, 0.25) is 0 Å². The number of nitrogens with two attached hydrogens (primary N) is 1. The fraction of sp³-hybridized carbons (Fsp3) is 0.538. The number of thioether (sulfide) groups is 1. The van der Waals surface area contributed by atoms with E-state index in [0.717, 1.165) is 17.9 Å². The second kappa shape index (κ2) is 5.34. The summed E-state index contributed by atoms with van der Waals surface area (Å²) in [4.78, 5) is 0.152. The van der Waals surface area contributed by atoms with E-state index >= 15 is 0 Å². The molecular formula is C13H20N2O2S2. The zero-order chi connectivity index (χ0) is 14.1. The van der Waals surface area contributed by atoms with Crippen LogP contribution >= 0.6 is 11.8 Å². The molecule has 1 aliphatic rings. The number of nitrogens with one attached hydrogen (secondary N) is 1. The van der Waals surface area contributed by atoms with Gasteiger partial charge in [-0.3, -0.25) is 0 Å². The molecule has 0 aromatic heterocycles. The van der Waals surface area contributed by atoms with Gasteiger partial charge >= 0.3 is 0 Å². The molecule has 3 N–H and O–H groups in total. The van der Waals surface area contributed by atoms with Crippen molar-refractivity contribution >= 4 is 27.5 Å². The van der Waals surface area contributed by atoms with Crippen molar-refractivity contribution in [1.29, 1.82) is 0 Å². The van der Waals surface area contributed by atoms with Crippen molar-refractivity contribution in [2.45, 2.75) is 31.2 Å². The summed E-state index contributed by atoms with van der Waals surface area (Å²) in [5, 5.41) is 8.60. The molecule has 1 aromatic carbocycles. The molecule has 0 amide bonds. The van der Waals surface area contributed by atoms with Gasteiger partial charge in [0.1, 0.15) is 0 Å². The zero-order valence-corrected chi connectivity index (χ0v) is 12.9. The standard InChI is InChI=1S/C13H20N2O2S2/c1-13(2)6-7-18-9-12(13)15-10-4-3-5-11(8-10)19(14,16)17/h3-5,8,12,15H,6-7,9H2,1-2H3,(H2,14,16,17). The highest BCUT2D eigenvalue weighted by Gasteiger charge is 2.32. The van der Waals surface area contributed by atoms with Gasteiger partial charge in [0.25, 0.3) is 0 Å². The minimum absolute atomic E-state index is 0.152. The summed E-state index contributed by atoms with van der Waals surface area (Å²) in [6.45, 7) is 4.49. The van der Waals surface area contributed by atoms with Crippen molar-refractivity contribution in [2.75, 3.05) is 16.8 Å². The summed E-state index contributed by atoms with van der Waals surface area (Å²) < 4.78 is 22.7. The van der Waals surface area contributed by atoms with Crippen molar-refractivity contribution in [3.8, 4) is 0 Å². The van der Waals surface area contributed by atoms with Crippen molar-refractivity contribution in [2.24, 2.45) is 10.6 Å². The lowest BCUT2D eigenvalue weighted by Crippen LogP contribution is -2.41. The van der Waals surface area contributed by atoms with E-state index in [1.54, 1.807) is 12.1 Å². The third-order valence-electron chi connectivity index (χ3n) is 3.62. The van der Waals surface area contributed by atoms with Crippen molar-refractivity contribution in [3.63, 3.8) is 0 Å². The molecule has 1 atom stereocenters. The third-order valence-corrected chi connectivity index (χ3v) is 5.59. The van der Waals surface area contributed by atoms with E-state index in [0.29, 0.717) is 6.04 Å². The smallest absolute Gasteiger partial charge is 0.238 e. The molecule has 6 heteroatoms. The van der Waals surface area contributed by atoms with Crippen LogP contribution in [0.15, 0.2) is 29.2 Å². The van der Waals surface area contributed by atoms with Crippen molar-refractivity contribution in [1.82, 2.24) is 0 Å². The quantitative estimate of drug-likeness (QED) is 0.898. The second-order valence-corrected chi connectivity index (χ2v) is 8.29. The molecule has 1 saturated heterocycles. The highest BCUT2D eigenvalue weighted by atomic mass is 32.2. The van der Waals surface area contributed by atoms with Gasteiger partial charge in [-0.1, -0.05) is 19.9 Å². The van der Waals surface area contributed by atoms with Gasteiger partial charge in [-0.15, -0.1) is 0 Å². The molecule has 1 aliphatic heterocycles. The molecule has 1 unspecified atom stereocenters. The first-order valence-corrected chi connectivity index (χ1v) is 8.96. The summed E-state index contributed by atoms with van der Waals surface area (Å²) in [6.07, 6.45) is 1.16. The number of anilines is 1. The van der Waals surface area contributed by atoms with Gasteiger partial charge < -0.3 is 5.32 Å². The van der Waals surface area contributed by atoms with Crippen LogP contribution in [-0.2, 0) is 10.0 Å². The summed E-state index contributed by atoms with van der Waals surface area (Å²) >= 11 is 1.93. The summed E-state index contributed by atoms with van der Waals surface area (Å²) in [6, 6.07) is 7.04. The Labute approximate surface area is 119 Å². The van der Waals surface area contributed by atoms with Gasteiger partial charge in [0.15, 0.2) is 0 Å². The fourth-order valence-corrected chi connectivity index (χ4v) is 4.30. The molecule has 2 rings (SSSR count). The molecule has 0 saturated carbocycles. The normalized spacial score (nSPS) is 23.0. The molecule has 106 valence electrons. The minimum Gasteiger partial charge on any atom is -0.381 e. The van der Waals surface area contributed by atoms with Crippen LogP contribution in [0.1, 0.15) is 20.3 Å². The summed E-state index contributed by atoms with van der Waals surface area (Å²) in [5.74, 6) is 2.22. The number of sulfonamides is 1. The van der Waals surface area contributed by atoms with Crippen LogP contribution in [0.5, 0.6) is 0 Å². The van der Waals surface area contributed by atoms with E-state index in [-0.39, 0.29) is 10.3 Å². The number of hydrogen-bond donors (Lipinski definition) is 2. The van der Waals surface area contributed by atoms with E-state index in [4.69, 9.17) is 5.14 Å². The molecule has 4 nitrogen and oxygen atoms in total. The van der Waals surface area contributed by atoms with Gasteiger partial charge in [-0.25, -0.2) is 13.6 Å². The van der Waals surface area contributed by atoms with E-state index in [9.17, 15) is 8.42 Å². The maximum Gasteiger partial charge on any atom is 0.238 e. The van der Waals surface area contributed by atoms with E-state index < -0.39 is 10.0 Å². The monoisotopic (exact) mass is 300 g/mol. The van der Waals surface area contributed by atoms with E-state index in [2.05, 4.69) is 19.2 Å². The lowest BCUT2D eigenvalue weighted by atomic mass is 9.82. The molecule has 1 heterocycles. The predicted molar refractivity (Wildman–Crippen MR) is 80.9 cm³/mol. The average Bonchev–Trinajstić information content (AvgIpc) is 2.31. The molecule has 0 aliphatic carbocycles. The molecular weight excluding hydrogens is 280 g/mol. The Morgan fingerprint density at radius 3 is 2.79 bits per heavy atom. The summed E-state index contributed by atoms with van der Waals surface area (Å²) in [5.41, 5.74) is 1.02. The van der Waals surface area contributed by atoms with Gasteiger partial charge in [0.05, 0.1) is 4.90 Å². The zero-order valence-electron chi connectivity index (χ0n) is 11.2. The molecule has 0 spiro atoms. The molecule has 0 radical (unpaired) electrons. The Balaban J connectivity index is 2.19. The largest absolute Gasteiger partial charge is 0.381 e. The molecule has 1 fully saturated rings. The van der Waals surface area contributed by atoms with Crippen LogP contribution < -0.4 is 10.5 Å². The second-order valence-electron chi connectivity index (χ2n) is 5.58. The topological polar surface area (TPSA) is 72.2 Å². The van der Waals surface area contributed by atoms with E-state index in [1.165, 1.54) is 11.8 Å². The maximum atomic E-state index is 11.4. The molecule has 1 aromatic rings. The Hall–Kier alpha value is -0.720. The van der Waals surface area contributed by atoms with Gasteiger partial charge in [0, 0.05) is 17.5 Å². The Morgan fingerprint density at radius 2 is 2.16 bits per heavy atom. The average molecular weight is 300 g/mol. The molecule has 0 bridgehead atoms. The summed E-state index contributed by atoms with van der Waals surface area (Å²) in [7, 11) is -3.64. The highest BCUT2D eigenvalue weighted by molar-refractivity contribution is 7.99. The predicted octanol–water partition coefficient (Wildman–Crippen LogP) is 2.28. The van der Waals surface area contributed by atoms with Crippen LogP contribution in [0.25, 0.3) is 0 Å².